The van der Waals surface area contributed by atoms with Gasteiger partial charge in [0.25, 0.3) is 21.2 Å². The zero-order valence-electron chi connectivity index (χ0n) is 18.6. The van der Waals surface area contributed by atoms with Crippen LogP contribution in [0, 0.1) is 0 Å². The molecule has 0 saturated carbocycles. The molecule has 1 aliphatic heterocycles. The number of hydrogen-bond donors (Lipinski definition) is 2. The van der Waals surface area contributed by atoms with E-state index in [1.54, 1.807) is 0 Å². The van der Waals surface area contributed by atoms with Gasteiger partial charge in [-0.05, 0) is 0 Å². The largest absolute Gasteiger partial charge is 1.00 e. The average molecular weight is 522 g/mol. The van der Waals surface area contributed by atoms with Crippen LogP contribution in [0.25, 0.3) is 0 Å². The molecule has 1 saturated heterocycles. The summed E-state index contributed by atoms with van der Waals surface area (Å²) < 4.78 is 54.7. The number of phosphoric ester groups is 1. The fourth-order valence-corrected chi connectivity index (χ4v) is 5.32. The molecular formula is C10H13Li4N2O15P3. The maximum Gasteiger partial charge on any atom is 1.00 e. The third-order valence-electron chi connectivity index (χ3n) is 3.50. The summed E-state index contributed by atoms with van der Waals surface area (Å²) in [7, 11) is -17.0. The van der Waals surface area contributed by atoms with E-state index in [1.807, 2.05) is 4.98 Å². The monoisotopic (exact) mass is 522 g/mol. The predicted molar refractivity (Wildman–Crippen MR) is 83.0 cm³/mol. The van der Waals surface area contributed by atoms with Crippen molar-refractivity contribution in [2.24, 2.45) is 0 Å². The van der Waals surface area contributed by atoms with Gasteiger partial charge in [0.15, 0.2) is 6.23 Å². The van der Waals surface area contributed by atoms with Gasteiger partial charge >= 0.3 is 81.1 Å². The van der Waals surface area contributed by atoms with Crippen LogP contribution in [0.2, 0.25) is 0 Å². The number of ether oxygens (including phenoxy) is 2. The molecule has 1 aliphatic rings. The molecule has 0 radical (unpaired) electrons. The Kier molecular flexibility index (Phi) is 18.4. The molecule has 2 heterocycles. The number of aliphatic hydroxyl groups is 1. The van der Waals surface area contributed by atoms with E-state index in [2.05, 4.69) is 13.1 Å². The molecule has 2 rings (SSSR count). The van der Waals surface area contributed by atoms with Crippen LogP contribution in [0.1, 0.15) is 6.23 Å². The quantitative estimate of drug-likeness (QED) is 0.225. The predicted octanol–water partition coefficient (Wildman–Crippen LogP) is -16.4. The molecule has 34 heavy (non-hydrogen) atoms. The van der Waals surface area contributed by atoms with E-state index in [4.69, 9.17) is 9.47 Å². The van der Waals surface area contributed by atoms with E-state index >= 15 is 0 Å². The van der Waals surface area contributed by atoms with Gasteiger partial charge in [0.05, 0.1) is 14.4 Å². The maximum atomic E-state index is 11.8. The van der Waals surface area contributed by atoms with Gasteiger partial charge in [0.2, 0.25) is 0 Å². The summed E-state index contributed by atoms with van der Waals surface area (Å²) in [5.41, 5.74) is -1.70. The minimum atomic E-state index is -6.14. The zero-order chi connectivity index (χ0) is 22.9. The molecule has 172 valence electrons. The van der Waals surface area contributed by atoms with Crippen LogP contribution in [0.5, 0.6) is 0 Å². The topological polar surface area (TPSA) is 265 Å². The molecule has 0 aliphatic carbocycles. The van der Waals surface area contributed by atoms with Crippen LogP contribution in [0.15, 0.2) is 21.9 Å². The van der Waals surface area contributed by atoms with Gasteiger partial charge in [-0.15, -0.1) is 0 Å². The molecule has 2 N–H and O–H groups in total. The van der Waals surface area contributed by atoms with Crippen molar-refractivity contribution in [3.05, 3.63) is 33.1 Å². The Balaban J connectivity index is -0.00000240. The third-order valence-corrected chi connectivity index (χ3v) is 7.17. The second kappa shape index (κ2) is 15.7. The number of phosphoric acid groups is 3. The van der Waals surface area contributed by atoms with Crippen molar-refractivity contribution in [1.82, 2.24) is 9.55 Å². The first-order valence-electron chi connectivity index (χ1n) is 7.53. The Morgan fingerprint density at radius 1 is 1.06 bits per heavy atom. The average Bonchev–Trinajstić information content (AvgIpc) is 2.85. The Morgan fingerprint density at radius 2 is 1.62 bits per heavy atom. The van der Waals surface area contributed by atoms with Gasteiger partial charge < -0.3 is 43.2 Å². The molecule has 24 heteroatoms. The zero-order valence-corrected chi connectivity index (χ0v) is 21.3. The SMILES string of the molecule is CO[C@H]1[C@@H](O)[C@H](n2ccc(=O)[nH]c2=O)O[C@@H]1COP(=O)([O-])OP(=O)([O-])OP(=O)([O-])[O-].[Li+].[Li+].[Li+].[Li+]. The smallest absolute Gasteiger partial charge is 0.790 e. The standard InChI is InChI=1S/C10H17N2O15P3.4Li/c1-23-8-5(4-24-29(19,20)27-30(21,22)26-28(16,17)18)25-9(7(8)14)12-3-2-6(13)11-10(12)15;;;;/h2-3,5,7-9,14H,4H2,1H3,(H,19,20)(H,21,22)(H,11,13,15)(H2,16,17,18);;;;/q;4*+1/p-4/t5-,7-,8-,9-;;;;/m1..../s1. The van der Waals surface area contributed by atoms with Gasteiger partial charge in [-0.1, -0.05) is 0 Å². The number of aromatic nitrogens is 2. The molecule has 0 spiro atoms. The van der Waals surface area contributed by atoms with Crippen molar-refractivity contribution in [3.8, 4) is 0 Å². The molecule has 0 bridgehead atoms. The normalized spacial score (nSPS) is 25.4. The number of H-pyrrole nitrogens is 1. The Labute approximate surface area is 239 Å². The second-order valence-electron chi connectivity index (χ2n) is 5.57. The first-order chi connectivity index (χ1) is 13.6. The summed E-state index contributed by atoms with van der Waals surface area (Å²) in [6.07, 6.45) is -4.76. The fraction of sp³-hybridized carbons (Fsp3) is 0.600. The number of nitrogens with one attached hydrogen (secondary N) is 1. The van der Waals surface area contributed by atoms with E-state index in [9.17, 15) is 48.0 Å². The summed E-state index contributed by atoms with van der Waals surface area (Å²) in [6, 6.07) is 0.944. The third kappa shape index (κ3) is 11.8. The van der Waals surface area contributed by atoms with E-state index in [0.717, 1.165) is 23.9 Å². The summed E-state index contributed by atoms with van der Waals surface area (Å²) in [6.45, 7) is -1.03. The van der Waals surface area contributed by atoms with Crippen molar-refractivity contribution < 1.29 is 136 Å². The van der Waals surface area contributed by atoms with E-state index in [0.29, 0.717) is 0 Å². The molecule has 6 atom stereocenters. The van der Waals surface area contributed by atoms with Crippen molar-refractivity contribution in [1.29, 1.82) is 0 Å². The minimum absolute atomic E-state index is 0. The van der Waals surface area contributed by atoms with Crippen LogP contribution in [-0.4, -0.2) is 46.7 Å². The number of hydrogen-bond acceptors (Lipinski definition) is 15. The number of nitrogens with zero attached hydrogens (tertiary/aromatic N) is 1. The van der Waals surface area contributed by atoms with Crippen LogP contribution < -0.4 is 106 Å². The number of aliphatic hydroxyl groups excluding tert-OH is 1. The molecule has 1 aromatic heterocycles. The number of rotatable bonds is 9. The molecule has 1 fully saturated rings. The summed E-state index contributed by atoms with van der Waals surface area (Å²) >= 11 is 0. The summed E-state index contributed by atoms with van der Waals surface area (Å²) in [5.74, 6) is 0. The Bertz CT molecular complexity index is 1030. The molecule has 0 aromatic carbocycles. The molecule has 1 aromatic rings. The second-order valence-corrected chi connectivity index (χ2v) is 9.82. The van der Waals surface area contributed by atoms with Crippen molar-refractivity contribution in [2.45, 2.75) is 24.5 Å². The fourth-order valence-electron chi connectivity index (χ4n) is 2.45. The van der Waals surface area contributed by atoms with Crippen molar-refractivity contribution in [2.75, 3.05) is 13.7 Å². The van der Waals surface area contributed by atoms with Crippen LogP contribution in [0.4, 0.5) is 0 Å². The van der Waals surface area contributed by atoms with Gasteiger partial charge in [0.1, 0.15) is 18.3 Å². The molecule has 17 nitrogen and oxygen atoms in total. The van der Waals surface area contributed by atoms with Crippen molar-refractivity contribution in [3.63, 3.8) is 0 Å². The first-order valence-corrected chi connectivity index (χ1v) is 11.9. The van der Waals surface area contributed by atoms with Gasteiger partial charge in [-0.25, -0.2) is 9.11 Å². The van der Waals surface area contributed by atoms with Gasteiger partial charge in [0, 0.05) is 19.4 Å². The van der Waals surface area contributed by atoms with E-state index in [1.165, 1.54) is 0 Å². The van der Waals surface area contributed by atoms with Crippen LogP contribution in [0.3, 0.4) is 0 Å². The maximum absolute atomic E-state index is 11.8. The van der Waals surface area contributed by atoms with Crippen LogP contribution in [-0.2, 0) is 36.3 Å². The summed E-state index contributed by atoms with van der Waals surface area (Å²) in [5, 5.41) is 10.3. The number of methoxy groups -OCH3 is 1. The van der Waals surface area contributed by atoms with E-state index < -0.39 is 65.9 Å². The summed E-state index contributed by atoms with van der Waals surface area (Å²) in [4.78, 5) is 68.2. The van der Waals surface area contributed by atoms with Crippen LogP contribution >= 0.6 is 23.5 Å². The van der Waals surface area contributed by atoms with E-state index in [-0.39, 0.29) is 75.4 Å². The van der Waals surface area contributed by atoms with Gasteiger partial charge in [-0.2, -0.15) is 0 Å². The molecule has 0 amide bonds. The Hall–Kier alpha value is 1.36. The van der Waals surface area contributed by atoms with Gasteiger partial charge in [-0.3, -0.25) is 27.8 Å². The molecular weight excluding hydrogens is 509 g/mol. The minimum Gasteiger partial charge on any atom is -0.790 e. The molecule has 2 unspecified atom stereocenters. The van der Waals surface area contributed by atoms with Crippen molar-refractivity contribution >= 4 is 23.5 Å². The first kappa shape index (κ1) is 39.9. The Morgan fingerprint density at radius 3 is 2.09 bits per heavy atom. The number of aromatic amines is 1.